The number of carbonyl (C=O) groups is 1. The summed E-state index contributed by atoms with van der Waals surface area (Å²) in [6, 6.07) is 15.8. The minimum Gasteiger partial charge on any atom is -0.497 e. The summed E-state index contributed by atoms with van der Waals surface area (Å²) in [5.41, 5.74) is 1.68. The van der Waals surface area contributed by atoms with Crippen LogP contribution in [0.15, 0.2) is 54.6 Å². The zero-order valence-electron chi connectivity index (χ0n) is 14.2. The molecule has 2 aromatic carbocycles. The first-order valence-electron chi connectivity index (χ1n) is 7.79. The van der Waals surface area contributed by atoms with Crippen molar-refractivity contribution in [2.24, 2.45) is 0 Å². The summed E-state index contributed by atoms with van der Waals surface area (Å²) in [4.78, 5) is 12.2. The second-order valence-corrected chi connectivity index (χ2v) is 7.46. The van der Waals surface area contributed by atoms with E-state index in [-0.39, 0.29) is 12.3 Å². The highest BCUT2D eigenvalue weighted by atomic mass is 32.2. The van der Waals surface area contributed by atoms with Crippen molar-refractivity contribution >= 4 is 15.9 Å². The second-order valence-electron chi connectivity index (χ2n) is 5.68. The van der Waals surface area contributed by atoms with Crippen molar-refractivity contribution in [2.45, 2.75) is 19.0 Å². The van der Waals surface area contributed by atoms with E-state index in [4.69, 9.17) is 4.74 Å². The van der Waals surface area contributed by atoms with Gasteiger partial charge < -0.3 is 10.1 Å². The van der Waals surface area contributed by atoms with Gasteiger partial charge in [-0.2, -0.15) is 0 Å². The molecule has 0 fully saturated rings. The summed E-state index contributed by atoms with van der Waals surface area (Å²) in [6.45, 7) is 0.397. The summed E-state index contributed by atoms with van der Waals surface area (Å²) in [6.07, 6.45) is 1.08. The number of carbonyl (C=O) groups excluding carboxylic acids is 1. The number of ether oxygens (including phenoxy) is 1. The zero-order valence-corrected chi connectivity index (χ0v) is 15.0. The SMILES string of the molecule is COc1ccc(C(CC(=O)NCc2ccccc2)NS(C)(=O)=O)cc1. The standard InChI is InChI=1S/C18H22N2O4S/c1-24-16-10-8-15(9-11-16)17(20-25(2,22)23)12-18(21)19-13-14-6-4-3-5-7-14/h3-11,17,20H,12-13H2,1-2H3,(H,19,21). The first kappa shape index (κ1) is 19.0. The molecule has 0 aliphatic rings. The highest BCUT2D eigenvalue weighted by molar-refractivity contribution is 7.88. The highest BCUT2D eigenvalue weighted by Crippen LogP contribution is 2.21. The minimum absolute atomic E-state index is 0.00618. The fraction of sp³-hybridized carbons (Fsp3) is 0.278. The third-order valence-electron chi connectivity index (χ3n) is 3.60. The molecule has 0 aromatic heterocycles. The molecule has 0 aliphatic carbocycles. The van der Waals surface area contributed by atoms with Gasteiger partial charge in [0.2, 0.25) is 15.9 Å². The number of hydrogen-bond donors (Lipinski definition) is 2. The van der Waals surface area contributed by atoms with E-state index < -0.39 is 16.1 Å². The number of sulfonamides is 1. The van der Waals surface area contributed by atoms with E-state index in [9.17, 15) is 13.2 Å². The van der Waals surface area contributed by atoms with Gasteiger partial charge in [-0.3, -0.25) is 4.79 Å². The number of methoxy groups -OCH3 is 1. The number of rotatable bonds is 8. The van der Waals surface area contributed by atoms with Crippen molar-refractivity contribution in [3.63, 3.8) is 0 Å². The Morgan fingerprint density at radius 1 is 1.08 bits per heavy atom. The molecule has 0 bridgehead atoms. The van der Waals surface area contributed by atoms with Crippen LogP contribution in [-0.2, 0) is 21.4 Å². The monoisotopic (exact) mass is 362 g/mol. The second kappa shape index (κ2) is 8.64. The van der Waals surface area contributed by atoms with Gasteiger partial charge in [0.1, 0.15) is 5.75 Å². The Balaban J connectivity index is 2.05. The van der Waals surface area contributed by atoms with Crippen LogP contribution in [0.3, 0.4) is 0 Å². The number of benzene rings is 2. The molecule has 6 nitrogen and oxygen atoms in total. The maximum atomic E-state index is 12.2. The van der Waals surface area contributed by atoms with Crippen molar-refractivity contribution < 1.29 is 17.9 Å². The third kappa shape index (κ3) is 6.56. The van der Waals surface area contributed by atoms with E-state index in [1.165, 1.54) is 0 Å². The fourth-order valence-electron chi connectivity index (χ4n) is 2.38. The van der Waals surface area contributed by atoms with Crippen molar-refractivity contribution in [1.29, 1.82) is 0 Å². The van der Waals surface area contributed by atoms with Gasteiger partial charge in [-0.25, -0.2) is 13.1 Å². The lowest BCUT2D eigenvalue weighted by molar-refractivity contribution is -0.121. The van der Waals surface area contributed by atoms with Crippen molar-refractivity contribution in [3.05, 3.63) is 65.7 Å². The molecule has 7 heteroatoms. The van der Waals surface area contributed by atoms with E-state index in [1.807, 2.05) is 30.3 Å². The average Bonchev–Trinajstić information content (AvgIpc) is 2.59. The largest absolute Gasteiger partial charge is 0.497 e. The number of amides is 1. The molecule has 0 spiro atoms. The molecule has 25 heavy (non-hydrogen) atoms. The molecule has 1 atom stereocenters. The van der Waals surface area contributed by atoms with Crippen LogP contribution in [0.2, 0.25) is 0 Å². The smallest absolute Gasteiger partial charge is 0.222 e. The molecule has 0 saturated carbocycles. The molecule has 2 rings (SSSR count). The Bertz CT molecular complexity index is 790. The fourth-order valence-corrected chi connectivity index (χ4v) is 3.11. The Kier molecular flexibility index (Phi) is 6.55. The number of nitrogens with one attached hydrogen (secondary N) is 2. The minimum atomic E-state index is -3.46. The molecule has 0 heterocycles. The quantitative estimate of drug-likeness (QED) is 0.752. The average molecular weight is 362 g/mol. The zero-order chi connectivity index (χ0) is 18.3. The van der Waals surface area contributed by atoms with Gasteiger partial charge in [-0.05, 0) is 23.3 Å². The van der Waals surface area contributed by atoms with Crippen LogP contribution in [0.4, 0.5) is 0 Å². The van der Waals surface area contributed by atoms with Crippen molar-refractivity contribution in [3.8, 4) is 5.75 Å². The van der Waals surface area contributed by atoms with Gasteiger partial charge in [0.25, 0.3) is 0 Å². The lowest BCUT2D eigenvalue weighted by Gasteiger charge is -2.18. The van der Waals surface area contributed by atoms with Gasteiger partial charge in [-0.1, -0.05) is 42.5 Å². The molecule has 2 aromatic rings. The summed E-state index contributed by atoms with van der Waals surface area (Å²) >= 11 is 0. The van der Waals surface area contributed by atoms with E-state index in [2.05, 4.69) is 10.0 Å². The van der Waals surface area contributed by atoms with Crippen LogP contribution in [0.1, 0.15) is 23.6 Å². The molecule has 0 aliphatic heterocycles. The Labute approximate surface area is 148 Å². The molecule has 0 radical (unpaired) electrons. The number of hydrogen-bond acceptors (Lipinski definition) is 4. The van der Waals surface area contributed by atoms with Crippen LogP contribution in [-0.4, -0.2) is 27.7 Å². The predicted molar refractivity (Wildman–Crippen MR) is 96.6 cm³/mol. The summed E-state index contributed by atoms with van der Waals surface area (Å²) < 4.78 is 30.9. The summed E-state index contributed by atoms with van der Waals surface area (Å²) in [7, 11) is -1.91. The highest BCUT2D eigenvalue weighted by Gasteiger charge is 2.19. The van der Waals surface area contributed by atoms with E-state index in [0.717, 1.165) is 11.8 Å². The molecule has 1 amide bonds. The van der Waals surface area contributed by atoms with Crippen molar-refractivity contribution in [2.75, 3.05) is 13.4 Å². The van der Waals surface area contributed by atoms with Gasteiger partial charge in [0.15, 0.2) is 0 Å². The van der Waals surface area contributed by atoms with Gasteiger partial charge >= 0.3 is 0 Å². The van der Waals surface area contributed by atoms with Gasteiger partial charge in [-0.15, -0.1) is 0 Å². The van der Waals surface area contributed by atoms with Crippen LogP contribution in [0.5, 0.6) is 5.75 Å². The Morgan fingerprint density at radius 3 is 2.28 bits per heavy atom. The predicted octanol–water partition coefficient (Wildman–Crippen LogP) is 1.99. The normalized spacial score (nSPS) is 12.4. The maximum absolute atomic E-state index is 12.2. The Hall–Kier alpha value is -2.38. The lowest BCUT2D eigenvalue weighted by Crippen LogP contribution is -2.33. The summed E-state index contributed by atoms with van der Waals surface area (Å²) in [5.74, 6) is 0.427. The van der Waals surface area contributed by atoms with Crippen molar-refractivity contribution in [1.82, 2.24) is 10.0 Å². The summed E-state index contributed by atoms with van der Waals surface area (Å²) in [5, 5.41) is 2.81. The first-order valence-corrected chi connectivity index (χ1v) is 9.68. The van der Waals surface area contributed by atoms with Crippen LogP contribution in [0, 0.1) is 0 Å². The molecular weight excluding hydrogens is 340 g/mol. The van der Waals surface area contributed by atoms with Crippen LogP contribution < -0.4 is 14.8 Å². The topological polar surface area (TPSA) is 84.5 Å². The molecule has 134 valence electrons. The van der Waals surface area contributed by atoms with E-state index >= 15 is 0 Å². The molecule has 0 saturated heterocycles. The van der Waals surface area contributed by atoms with Crippen LogP contribution in [0.25, 0.3) is 0 Å². The molecule has 2 N–H and O–H groups in total. The molecule has 1 unspecified atom stereocenters. The Morgan fingerprint density at radius 2 is 1.72 bits per heavy atom. The first-order chi connectivity index (χ1) is 11.9. The van der Waals surface area contributed by atoms with E-state index in [0.29, 0.717) is 17.9 Å². The van der Waals surface area contributed by atoms with Gasteiger partial charge in [0.05, 0.1) is 19.4 Å². The van der Waals surface area contributed by atoms with E-state index in [1.54, 1.807) is 31.4 Å². The lowest BCUT2D eigenvalue weighted by atomic mass is 10.0. The molecular formula is C18H22N2O4S. The third-order valence-corrected chi connectivity index (χ3v) is 4.31. The maximum Gasteiger partial charge on any atom is 0.222 e. The van der Waals surface area contributed by atoms with Crippen LogP contribution >= 0.6 is 0 Å². The van der Waals surface area contributed by atoms with Gasteiger partial charge in [0, 0.05) is 13.0 Å².